The Balaban J connectivity index is 2.07. The van der Waals surface area contributed by atoms with Crippen LogP contribution in [0, 0.1) is 5.92 Å². The highest BCUT2D eigenvalue weighted by Crippen LogP contribution is 2.42. The van der Waals surface area contributed by atoms with Gasteiger partial charge in [-0.05, 0) is 46.8 Å². The molecular weight excluding hydrogens is 268 g/mol. The molecule has 3 heteroatoms. The van der Waals surface area contributed by atoms with Crippen LogP contribution in [0.5, 0.6) is 0 Å². The Morgan fingerprint density at radius 3 is 2.62 bits per heavy atom. The van der Waals surface area contributed by atoms with Gasteiger partial charge in [0.05, 0.1) is 9.16 Å². The van der Waals surface area contributed by atoms with Gasteiger partial charge in [0, 0.05) is 4.88 Å². The Morgan fingerprint density at radius 1 is 1.38 bits per heavy atom. The van der Waals surface area contributed by atoms with E-state index in [1.54, 1.807) is 11.3 Å². The van der Waals surface area contributed by atoms with Crippen LogP contribution in [-0.4, -0.2) is 0 Å². The highest BCUT2D eigenvalue weighted by atomic mass is 79.9. The van der Waals surface area contributed by atoms with Gasteiger partial charge in [0.2, 0.25) is 0 Å². The number of thiophene rings is 1. The lowest BCUT2D eigenvalue weighted by molar-refractivity contribution is 0.534. The maximum Gasteiger partial charge on any atom is 0.0707 e. The fourth-order valence-corrected chi connectivity index (χ4v) is 3.91. The molecule has 1 aliphatic carbocycles. The van der Waals surface area contributed by atoms with Gasteiger partial charge >= 0.3 is 0 Å². The van der Waals surface area contributed by atoms with Crippen LogP contribution in [0.15, 0.2) is 15.9 Å². The molecule has 0 radical (unpaired) electrons. The molecule has 0 bridgehead atoms. The van der Waals surface area contributed by atoms with Crippen molar-refractivity contribution in [2.45, 2.75) is 31.1 Å². The zero-order valence-corrected chi connectivity index (χ0v) is 10.5. The zero-order valence-electron chi connectivity index (χ0n) is 7.30. The van der Waals surface area contributed by atoms with Crippen molar-refractivity contribution in [3.63, 3.8) is 0 Å². The number of alkyl halides is 1. The largest absolute Gasteiger partial charge is 0.132 e. The van der Waals surface area contributed by atoms with Crippen LogP contribution in [0.1, 0.15) is 35.9 Å². The van der Waals surface area contributed by atoms with Gasteiger partial charge in [0.25, 0.3) is 0 Å². The maximum absolute atomic E-state index is 6.42. The van der Waals surface area contributed by atoms with Crippen molar-refractivity contribution in [2.24, 2.45) is 5.92 Å². The molecule has 0 aromatic carbocycles. The molecule has 1 heterocycles. The molecule has 0 N–H and O–H groups in total. The molecule has 0 amide bonds. The van der Waals surface area contributed by atoms with Crippen LogP contribution in [0.2, 0.25) is 0 Å². The van der Waals surface area contributed by atoms with E-state index in [1.165, 1.54) is 34.3 Å². The van der Waals surface area contributed by atoms with E-state index in [9.17, 15) is 0 Å². The van der Waals surface area contributed by atoms with Crippen LogP contribution in [0.4, 0.5) is 0 Å². The highest BCUT2D eigenvalue weighted by molar-refractivity contribution is 9.11. The van der Waals surface area contributed by atoms with E-state index >= 15 is 0 Å². The van der Waals surface area contributed by atoms with E-state index in [0.29, 0.717) is 5.92 Å². The average molecular weight is 280 g/mol. The summed E-state index contributed by atoms with van der Waals surface area (Å²) in [6.07, 6.45) is 5.34. The van der Waals surface area contributed by atoms with Gasteiger partial charge in [0.1, 0.15) is 0 Å². The van der Waals surface area contributed by atoms with E-state index in [1.807, 2.05) is 0 Å². The van der Waals surface area contributed by atoms with Gasteiger partial charge in [-0.2, -0.15) is 0 Å². The van der Waals surface area contributed by atoms with E-state index < -0.39 is 0 Å². The lowest BCUT2D eigenvalue weighted by Gasteiger charge is -2.14. The molecule has 72 valence electrons. The maximum atomic E-state index is 6.42. The topological polar surface area (TPSA) is 0 Å². The summed E-state index contributed by atoms with van der Waals surface area (Å²) in [5, 5.41) is 0.249. The SMILES string of the molecule is ClC(c1ccc(Br)s1)C1CCCC1. The van der Waals surface area contributed by atoms with Gasteiger partial charge in [-0.1, -0.05) is 12.8 Å². The van der Waals surface area contributed by atoms with Crippen molar-refractivity contribution >= 4 is 38.9 Å². The average Bonchev–Trinajstić information content (AvgIpc) is 2.72. The molecule has 1 atom stereocenters. The summed E-state index contributed by atoms with van der Waals surface area (Å²) in [6.45, 7) is 0. The third kappa shape index (κ3) is 2.28. The van der Waals surface area contributed by atoms with Crippen molar-refractivity contribution in [1.29, 1.82) is 0 Å². The smallest absolute Gasteiger partial charge is 0.0707 e. The van der Waals surface area contributed by atoms with Crippen LogP contribution < -0.4 is 0 Å². The molecule has 1 aromatic rings. The number of halogens is 2. The summed E-state index contributed by atoms with van der Waals surface area (Å²) in [7, 11) is 0. The number of hydrogen-bond donors (Lipinski definition) is 0. The lowest BCUT2D eigenvalue weighted by Crippen LogP contribution is -2.00. The van der Waals surface area contributed by atoms with Crippen molar-refractivity contribution in [1.82, 2.24) is 0 Å². The van der Waals surface area contributed by atoms with Crippen molar-refractivity contribution in [3.05, 3.63) is 20.8 Å². The second-order valence-electron chi connectivity index (χ2n) is 3.59. The summed E-state index contributed by atoms with van der Waals surface area (Å²) in [4.78, 5) is 1.32. The fraction of sp³-hybridized carbons (Fsp3) is 0.600. The Labute approximate surface area is 96.4 Å². The number of hydrogen-bond acceptors (Lipinski definition) is 1. The molecule has 0 nitrogen and oxygen atoms in total. The summed E-state index contributed by atoms with van der Waals surface area (Å²) >= 11 is 11.7. The molecule has 1 fully saturated rings. The van der Waals surface area contributed by atoms with Crippen LogP contribution >= 0.6 is 38.9 Å². The zero-order chi connectivity index (χ0) is 9.26. The van der Waals surface area contributed by atoms with Gasteiger partial charge in [0.15, 0.2) is 0 Å². The second kappa shape index (κ2) is 4.33. The van der Waals surface area contributed by atoms with Gasteiger partial charge < -0.3 is 0 Å². The third-order valence-electron chi connectivity index (χ3n) is 2.68. The lowest BCUT2D eigenvalue weighted by atomic mass is 10.0. The normalized spacial score (nSPS) is 20.8. The predicted molar refractivity (Wildman–Crippen MR) is 62.6 cm³/mol. The molecule has 1 aromatic heterocycles. The first-order valence-electron chi connectivity index (χ1n) is 4.66. The highest BCUT2D eigenvalue weighted by Gasteiger charge is 2.25. The van der Waals surface area contributed by atoms with Crippen molar-refractivity contribution in [3.8, 4) is 0 Å². The monoisotopic (exact) mass is 278 g/mol. The minimum atomic E-state index is 0.249. The van der Waals surface area contributed by atoms with Crippen LogP contribution in [0.25, 0.3) is 0 Å². The Bertz CT molecular complexity index is 278. The molecule has 13 heavy (non-hydrogen) atoms. The molecule has 0 saturated heterocycles. The Morgan fingerprint density at radius 2 is 2.08 bits per heavy atom. The summed E-state index contributed by atoms with van der Waals surface area (Å²) in [5.41, 5.74) is 0. The summed E-state index contributed by atoms with van der Waals surface area (Å²) < 4.78 is 1.19. The summed E-state index contributed by atoms with van der Waals surface area (Å²) in [6, 6.07) is 4.23. The first-order valence-corrected chi connectivity index (χ1v) is 6.71. The molecule has 1 unspecified atom stereocenters. The molecule has 1 aliphatic rings. The van der Waals surface area contributed by atoms with E-state index in [2.05, 4.69) is 28.1 Å². The van der Waals surface area contributed by atoms with Gasteiger partial charge in [-0.25, -0.2) is 0 Å². The van der Waals surface area contributed by atoms with Crippen molar-refractivity contribution < 1.29 is 0 Å². The van der Waals surface area contributed by atoms with Gasteiger partial charge in [-0.15, -0.1) is 22.9 Å². The summed E-state index contributed by atoms with van der Waals surface area (Å²) in [5.74, 6) is 0.715. The van der Waals surface area contributed by atoms with E-state index in [4.69, 9.17) is 11.6 Å². The van der Waals surface area contributed by atoms with Crippen molar-refractivity contribution in [2.75, 3.05) is 0 Å². The van der Waals surface area contributed by atoms with E-state index in [0.717, 1.165) is 0 Å². The Hall–Kier alpha value is 0.470. The number of rotatable bonds is 2. The molecule has 2 rings (SSSR count). The van der Waals surface area contributed by atoms with Crippen LogP contribution in [-0.2, 0) is 0 Å². The minimum absolute atomic E-state index is 0.249. The molecule has 1 saturated carbocycles. The first-order chi connectivity index (χ1) is 6.27. The fourth-order valence-electron chi connectivity index (χ4n) is 1.96. The molecule has 0 spiro atoms. The minimum Gasteiger partial charge on any atom is -0.132 e. The van der Waals surface area contributed by atoms with Crippen LogP contribution in [0.3, 0.4) is 0 Å². The Kier molecular flexibility index (Phi) is 3.33. The first kappa shape index (κ1) is 10.0. The van der Waals surface area contributed by atoms with Gasteiger partial charge in [-0.3, -0.25) is 0 Å². The second-order valence-corrected chi connectivity index (χ2v) is 6.55. The third-order valence-corrected chi connectivity index (χ3v) is 5.11. The quantitative estimate of drug-likeness (QED) is 0.670. The van der Waals surface area contributed by atoms with E-state index in [-0.39, 0.29) is 5.38 Å². The standard InChI is InChI=1S/C10H12BrClS/c11-9-6-5-8(13-9)10(12)7-3-1-2-4-7/h5-7,10H,1-4H2. The predicted octanol–water partition coefficient (Wildman–Crippen LogP) is 4.98. The molecular formula is C10H12BrClS. The molecule has 0 aliphatic heterocycles.